The number of thiophene rings is 1. The predicted octanol–water partition coefficient (Wildman–Crippen LogP) is 4.49. The van der Waals surface area contributed by atoms with Crippen molar-refractivity contribution in [1.82, 2.24) is 5.32 Å². The van der Waals surface area contributed by atoms with Crippen LogP contribution in [0.1, 0.15) is 25.1 Å². The summed E-state index contributed by atoms with van der Waals surface area (Å²) in [7, 11) is 1.68. The Hall–Kier alpha value is -1.28. The maximum absolute atomic E-state index is 5.89. The second kappa shape index (κ2) is 10.6. The molecule has 0 radical (unpaired) electrons. The van der Waals surface area contributed by atoms with E-state index in [4.69, 9.17) is 10.5 Å². The molecule has 0 aliphatic carbocycles. The third kappa shape index (κ3) is 6.68. The summed E-state index contributed by atoms with van der Waals surface area (Å²) in [6, 6.07) is 10.2. The third-order valence-corrected chi connectivity index (χ3v) is 4.43. The highest BCUT2D eigenvalue weighted by atomic mass is 127. The number of nitrogens with zero attached hydrogens (tertiary/aromatic N) is 1. The van der Waals surface area contributed by atoms with Crippen LogP contribution in [0.2, 0.25) is 0 Å². The highest BCUT2D eigenvalue weighted by molar-refractivity contribution is 14.0. The number of nitrogens with two attached hydrogens (primary N) is 1. The molecule has 0 saturated carbocycles. The Balaban J connectivity index is 0.00000288. The van der Waals surface area contributed by atoms with Crippen LogP contribution in [0.5, 0.6) is 5.75 Å². The molecule has 0 aliphatic rings. The molecule has 2 aromatic rings. The lowest BCUT2D eigenvalue weighted by atomic mass is 10.1. The minimum atomic E-state index is 0. The van der Waals surface area contributed by atoms with Crippen molar-refractivity contribution in [3.63, 3.8) is 0 Å². The van der Waals surface area contributed by atoms with E-state index in [1.807, 2.05) is 12.1 Å². The zero-order chi connectivity index (χ0) is 16.7. The molecule has 0 atom stereocenters. The van der Waals surface area contributed by atoms with Gasteiger partial charge in [0.05, 0.1) is 13.7 Å². The van der Waals surface area contributed by atoms with Gasteiger partial charge in [-0.15, -0.1) is 35.3 Å². The Kier molecular flexibility index (Phi) is 9.13. The summed E-state index contributed by atoms with van der Waals surface area (Å²) in [5, 5.41) is 5.30. The first-order chi connectivity index (χ1) is 11.1. The quantitative estimate of drug-likeness (QED) is 0.365. The van der Waals surface area contributed by atoms with Crippen molar-refractivity contribution >= 4 is 41.3 Å². The maximum Gasteiger partial charge on any atom is 0.188 e. The van der Waals surface area contributed by atoms with Gasteiger partial charge >= 0.3 is 0 Å². The van der Waals surface area contributed by atoms with Crippen molar-refractivity contribution in [3.05, 3.63) is 40.6 Å². The van der Waals surface area contributed by atoms with Crippen molar-refractivity contribution in [1.29, 1.82) is 0 Å². The van der Waals surface area contributed by atoms with E-state index in [0.717, 1.165) is 18.7 Å². The molecule has 0 fully saturated rings. The van der Waals surface area contributed by atoms with Crippen LogP contribution in [0, 0.1) is 5.92 Å². The van der Waals surface area contributed by atoms with Gasteiger partial charge in [0, 0.05) is 11.4 Å². The van der Waals surface area contributed by atoms with E-state index in [2.05, 4.69) is 47.7 Å². The van der Waals surface area contributed by atoms with Gasteiger partial charge in [0.2, 0.25) is 0 Å². The normalized spacial score (nSPS) is 11.2. The lowest BCUT2D eigenvalue weighted by Gasteiger charge is -2.07. The van der Waals surface area contributed by atoms with Crippen molar-refractivity contribution < 1.29 is 4.74 Å². The van der Waals surface area contributed by atoms with E-state index in [0.29, 0.717) is 18.4 Å². The van der Waals surface area contributed by atoms with Gasteiger partial charge < -0.3 is 15.8 Å². The fourth-order valence-corrected chi connectivity index (χ4v) is 2.92. The number of benzene rings is 1. The summed E-state index contributed by atoms with van der Waals surface area (Å²) in [5.41, 5.74) is 8.27. The highest BCUT2D eigenvalue weighted by Gasteiger charge is 2.03. The van der Waals surface area contributed by atoms with E-state index < -0.39 is 0 Å². The molecule has 3 N–H and O–H groups in total. The third-order valence-electron chi connectivity index (χ3n) is 3.51. The van der Waals surface area contributed by atoms with Gasteiger partial charge in [0.15, 0.2) is 5.96 Å². The maximum atomic E-state index is 5.89. The van der Waals surface area contributed by atoms with Gasteiger partial charge in [-0.25, -0.2) is 4.99 Å². The number of ether oxygens (including phenoxy) is 1. The van der Waals surface area contributed by atoms with Crippen molar-refractivity contribution in [2.75, 3.05) is 13.7 Å². The average molecular weight is 459 g/mol. The minimum Gasteiger partial charge on any atom is -0.497 e. The second-order valence-electron chi connectivity index (χ2n) is 5.84. The van der Waals surface area contributed by atoms with Crippen LogP contribution in [0.4, 0.5) is 0 Å². The summed E-state index contributed by atoms with van der Waals surface area (Å²) in [6.45, 7) is 5.87. The lowest BCUT2D eigenvalue weighted by Crippen LogP contribution is -2.32. The summed E-state index contributed by atoms with van der Waals surface area (Å²) >= 11 is 1.70. The monoisotopic (exact) mass is 459 g/mol. The summed E-state index contributed by atoms with van der Waals surface area (Å²) in [6.07, 6.45) is 1.09. The zero-order valence-corrected chi connectivity index (χ0v) is 17.6. The van der Waals surface area contributed by atoms with Crippen LogP contribution in [0.3, 0.4) is 0 Å². The SMILES string of the molecule is COc1ccc(-c2csc(CN=C(N)NCCC(C)C)c2)cc1.I. The Morgan fingerprint density at radius 3 is 2.58 bits per heavy atom. The van der Waals surface area contributed by atoms with Crippen LogP contribution in [0.15, 0.2) is 40.7 Å². The molecule has 0 saturated heterocycles. The molecular formula is C18H26IN3OS. The smallest absolute Gasteiger partial charge is 0.188 e. The predicted molar refractivity (Wildman–Crippen MR) is 115 cm³/mol. The fraction of sp³-hybridized carbons (Fsp3) is 0.389. The number of rotatable bonds is 7. The van der Waals surface area contributed by atoms with Gasteiger partial charge in [-0.2, -0.15) is 0 Å². The van der Waals surface area contributed by atoms with Crippen molar-refractivity contribution in [2.45, 2.75) is 26.8 Å². The molecule has 0 unspecified atom stereocenters. The van der Waals surface area contributed by atoms with Crippen LogP contribution >= 0.6 is 35.3 Å². The van der Waals surface area contributed by atoms with Gasteiger partial charge in [-0.3, -0.25) is 0 Å². The number of hydrogen-bond acceptors (Lipinski definition) is 3. The molecule has 4 nitrogen and oxygen atoms in total. The number of nitrogens with one attached hydrogen (secondary N) is 1. The molecule has 6 heteroatoms. The second-order valence-corrected chi connectivity index (χ2v) is 6.84. The van der Waals surface area contributed by atoms with Crippen molar-refractivity contribution in [3.8, 4) is 16.9 Å². The Morgan fingerprint density at radius 2 is 1.96 bits per heavy atom. The number of halogens is 1. The van der Waals surface area contributed by atoms with Crippen LogP contribution in [0.25, 0.3) is 11.1 Å². The zero-order valence-electron chi connectivity index (χ0n) is 14.4. The number of aliphatic imine (C=N–C) groups is 1. The summed E-state index contributed by atoms with van der Waals surface area (Å²) in [5.74, 6) is 2.05. The highest BCUT2D eigenvalue weighted by Crippen LogP contribution is 2.27. The Morgan fingerprint density at radius 1 is 1.25 bits per heavy atom. The molecule has 0 bridgehead atoms. The van der Waals surface area contributed by atoms with Gasteiger partial charge in [0.1, 0.15) is 5.75 Å². The molecule has 0 spiro atoms. The molecule has 1 heterocycles. The number of hydrogen-bond donors (Lipinski definition) is 2. The molecule has 0 aliphatic heterocycles. The van der Waals surface area contributed by atoms with Gasteiger partial charge in [-0.1, -0.05) is 26.0 Å². The summed E-state index contributed by atoms with van der Waals surface area (Å²) < 4.78 is 5.19. The first kappa shape index (κ1) is 20.8. The van der Waals surface area contributed by atoms with E-state index in [-0.39, 0.29) is 24.0 Å². The van der Waals surface area contributed by atoms with E-state index in [9.17, 15) is 0 Å². The summed E-state index contributed by atoms with van der Waals surface area (Å²) in [4.78, 5) is 5.60. The molecule has 24 heavy (non-hydrogen) atoms. The molecule has 0 amide bonds. The molecule has 132 valence electrons. The Bertz CT molecular complexity index is 638. The topological polar surface area (TPSA) is 59.6 Å². The van der Waals surface area contributed by atoms with Crippen LogP contribution in [-0.4, -0.2) is 19.6 Å². The van der Waals surface area contributed by atoms with Gasteiger partial charge in [-0.05, 0) is 47.0 Å². The first-order valence-electron chi connectivity index (χ1n) is 7.84. The van der Waals surface area contributed by atoms with E-state index in [1.165, 1.54) is 16.0 Å². The van der Waals surface area contributed by atoms with E-state index in [1.54, 1.807) is 18.4 Å². The molecule has 1 aromatic carbocycles. The van der Waals surface area contributed by atoms with Crippen LogP contribution in [-0.2, 0) is 6.54 Å². The van der Waals surface area contributed by atoms with Crippen LogP contribution < -0.4 is 15.8 Å². The molecule has 1 aromatic heterocycles. The van der Waals surface area contributed by atoms with E-state index >= 15 is 0 Å². The van der Waals surface area contributed by atoms with Crippen molar-refractivity contribution in [2.24, 2.45) is 16.6 Å². The number of guanidine groups is 1. The Labute approximate surface area is 165 Å². The average Bonchev–Trinajstić information content (AvgIpc) is 3.01. The first-order valence-corrected chi connectivity index (χ1v) is 8.72. The minimum absolute atomic E-state index is 0. The fourth-order valence-electron chi connectivity index (χ4n) is 2.11. The largest absolute Gasteiger partial charge is 0.497 e. The number of methoxy groups -OCH3 is 1. The van der Waals surface area contributed by atoms with Gasteiger partial charge in [0.25, 0.3) is 0 Å². The molecule has 2 rings (SSSR count). The lowest BCUT2D eigenvalue weighted by molar-refractivity contribution is 0.415. The standard InChI is InChI=1S/C18H25N3OS.HI/c1-13(2)8-9-20-18(19)21-11-17-10-15(12-23-17)14-4-6-16(22-3)7-5-14;/h4-7,10,12-13H,8-9,11H2,1-3H3,(H3,19,20,21);1H. The molecular weight excluding hydrogens is 433 g/mol.